The summed E-state index contributed by atoms with van der Waals surface area (Å²) in [6.45, 7) is 5.13. The normalized spacial score (nSPS) is 20.2. The Morgan fingerprint density at radius 1 is 1.24 bits per heavy atom. The lowest BCUT2D eigenvalue weighted by Crippen LogP contribution is -2.25. The van der Waals surface area contributed by atoms with Crippen molar-refractivity contribution in [3.05, 3.63) is 35.4 Å². The fourth-order valence-electron chi connectivity index (χ4n) is 3.12. The van der Waals surface area contributed by atoms with E-state index in [9.17, 15) is 4.79 Å². The van der Waals surface area contributed by atoms with Gasteiger partial charge in [0.25, 0.3) is 0 Å². The molecule has 0 bridgehead atoms. The molecule has 0 spiro atoms. The third-order valence-corrected chi connectivity index (χ3v) is 4.46. The van der Waals surface area contributed by atoms with Gasteiger partial charge < -0.3 is 4.74 Å². The summed E-state index contributed by atoms with van der Waals surface area (Å²) >= 11 is 0. The number of hydrogen-bond donors (Lipinski definition) is 0. The third-order valence-electron chi connectivity index (χ3n) is 4.46. The van der Waals surface area contributed by atoms with Gasteiger partial charge in [0.15, 0.2) is 0 Å². The van der Waals surface area contributed by atoms with Crippen LogP contribution in [0.1, 0.15) is 69.4 Å². The lowest BCUT2D eigenvalue weighted by Gasteiger charge is -2.24. The predicted octanol–water partition coefficient (Wildman–Crippen LogP) is 4.66. The number of rotatable bonds is 7. The first-order chi connectivity index (χ1) is 10.2. The van der Waals surface area contributed by atoms with E-state index in [-0.39, 0.29) is 12.0 Å². The average Bonchev–Trinajstić information content (AvgIpc) is 2.53. The Morgan fingerprint density at radius 2 is 2.00 bits per heavy atom. The third kappa shape index (κ3) is 4.67. The highest BCUT2D eigenvalue weighted by Gasteiger charge is 2.24. The van der Waals surface area contributed by atoms with E-state index in [1.54, 1.807) is 0 Å². The Bertz CT molecular complexity index is 429. The quantitative estimate of drug-likeness (QED) is 0.729. The molecule has 2 nitrogen and oxygen atoms in total. The van der Waals surface area contributed by atoms with Gasteiger partial charge in [-0.2, -0.15) is 0 Å². The number of aryl methyl sites for hydroxylation is 1. The Balaban J connectivity index is 2.03. The average molecular weight is 288 g/mol. The minimum atomic E-state index is 0.0476. The first-order valence-electron chi connectivity index (χ1n) is 8.47. The number of ketones is 1. The Hall–Kier alpha value is -1.15. The van der Waals surface area contributed by atoms with E-state index in [1.165, 1.54) is 17.5 Å². The molecule has 0 aromatic heterocycles. The number of carbonyl (C=O) groups is 1. The van der Waals surface area contributed by atoms with Gasteiger partial charge in [-0.1, -0.05) is 44.5 Å². The number of ether oxygens (including phenoxy) is 1. The molecule has 1 fully saturated rings. The predicted molar refractivity (Wildman–Crippen MR) is 86.7 cm³/mol. The van der Waals surface area contributed by atoms with E-state index in [1.807, 2.05) is 0 Å². The highest BCUT2D eigenvalue weighted by molar-refractivity contribution is 5.86. The van der Waals surface area contributed by atoms with Gasteiger partial charge >= 0.3 is 0 Å². The van der Waals surface area contributed by atoms with Crippen LogP contribution in [0.2, 0.25) is 0 Å². The minimum Gasteiger partial charge on any atom is -0.378 e. The van der Waals surface area contributed by atoms with Crippen LogP contribution in [0.3, 0.4) is 0 Å². The van der Waals surface area contributed by atoms with Crippen molar-refractivity contribution in [3.8, 4) is 0 Å². The van der Waals surface area contributed by atoms with Crippen LogP contribution in [-0.2, 0) is 16.0 Å². The fourth-order valence-corrected chi connectivity index (χ4v) is 3.12. The second kappa shape index (κ2) is 8.33. The molecule has 0 N–H and O–H groups in total. The summed E-state index contributed by atoms with van der Waals surface area (Å²) in [5.74, 6) is 0.402. The Kier molecular flexibility index (Phi) is 6.44. The molecular weight excluding hydrogens is 260 g/mol. The summed E-state index contributed by atoms with van der Waals surface area (Å²) in [7, 11) is 0. The van der Waals surface area contributed by atoms with E-state index >= 15 is 0 Å². The fraction of sp³-hybridized carbons (Fsp3) is 0.632. The first kappa shape index (κ1) is 16.2. The van der Waals surface area contributed by atoms with Crippen LogP contribution in [-0.4, -0.2) is 18.5 Å². The molecule has 2 unspecified atom stereocenters. The Morgan fingerprint density at radius 3 is 2.57 bits per heavy atom. The maximum atomic E-state index is 12.7. The van der Waals surface area contributed by atoms with Gasteiger partial charge in [-0.15, -0.1) is 0 Å². The van der Waals surface area contributed by atoms with Gasteiger partial charge in [0, 0.05) is 18.9 Å². The zero-order chi connectivity index (χ0) is 15.1. The van der Waals surface area contributed by atoms with Gasteiger partial charge in [-0.05, 0) is 43.2 Å². The molecule has 116 valence electrons. The van der Waals surface area contributed by atoms with E-state index in [0.717, 1.165) is 38.7 Å². The van der Waals surface area contributed by atoms with Crippen molar-refractivity contribution in [3.63, 3.8) is 0 Å². The van der Waals surface area contributed by atoms with Gasteiger partial charge in [0.1, 0.15) is 5.78 Å². The van der Waals surface area contributed by atoms with Crippen molar-refractivity contribution in [1.29, 1.82) is 0 Å². The van der Waals surface area contributed by atoms with Crippen molar-refractivity contribution in [2.24, 2.45) is 0 Å². The summed E-state index contributed by atoms with van der Waals surface area (Å²) in [5, 5.41) is 0. The molecule has 1 aliphatic rings. The van der Waals surface area contributed by atoms with Crippen LogP contribution in [0.4, 0.5) is 0 Å². The van der Waals surface area contributed by atoms with Crippen LogP contribution < -0.4 is 0 Å². The maximum absolute atomic E-state index is 12.7. The molecule has 1 aliphatic heterocycles. The summed E-state index contributed by atoms with van der Waals surface area (Å²) in [5.41, 5.74) is 2.51. The van der Waals surface area contributed by atoms with E-state index in [4.69, 9.17) is 4.74 Å². The van der Waals surface area contributed by atoms with Crippen LogP contribution >= 0.6 is 0 Å². The van der Waals surface area contributed by atoms with Crippen molar-refractivity contribution in [1.82, 2.24) is 0 Å². The van der Waals surface area contributed by atoms with Gasteiger partial charge in [0.05, 0.1) is 6.10 Å². The van der Waals surface area contributed by atoms with Crippen molar-refractivity contribution >= 4 is 5.78 Å². The van der Waals surface area contributed by atoms with E-state index in [2.05, 4.69) is 38.1 Å². The van der Waals surface area contributed by atoms with Crippen LogP contribution in [0.5, 0.6) is 0 Å². The molecule has 0 aliphatic carbocycles. The molecule has 1 heterocycles. The molecule has 1 aromatic carbocycles. The monoisotopic (exact) mass is 288 g/mol. The molecule has 0 radical (unpaired) electrons. The first-order valence-corrected chi connectivity index (χ1v) is 8.47. The van der Waals surface area contributed by atoms with E-state index < -0.39 is 0 Å². The zero-order valence-electron chi connectivity index (χ0n) is 13.4. The standard InChI is InChI=1S/C19H28O2/c1-3-7-18(16-11-9-15(4-2)10-12-16)19(20)14-17-8-5-6-13-21-17/h9-12,17-18H,3-8,13-14H2,1-2H3. The van der Waals surface area contributed by atoms with Gasteiger partial charge in [0.2, 0.25) is 0 Å². The smallest absolute Gasteiger partial charge is 0.142 e. The molecule has 2 rings (SSSR count). The summed E-state index contributed by atoms with van der Waals surface area (Å²) in [6.07, 6.45) is 7.14. The van der Waals surface area contributed by atoms with Gasteiger partial charge in [-0.3, -0.25) is 4.79 Å². The molecule has 2 atom stereocenters. The van der Waals surface area contributed by atoms with Crippen LogP contribution in [0.15, 0.2) is 24.3 Å². The molecule has 21 heavy (non-hydrogen) atoms. The summed E-state index contributed by atoms with van der Waals surface area (Å²) in [6, 6.07) is 8.59. The number of benzene rings is 1. The molecule has 2 heteroatoms. The molecule has 1 saturated heterocycles. The largest absolute Gasteiger partial charge is 0.378 e. The molecule has 0 amide bonds. The van der Waals surface area contributed by atoms with Gasteiger partial charge in [-0.25, -0.2) is 0 Å². The van der Waals surface area contributed by atoms with Crippen molar-refractivity contribution in [2.75, 3.05) is 6.61 Å². The lowest BCUT2D eigenvalue weighted by atomic mass is 9.86. The lowest BCUT2D eigenvalue weighted by molar-refractivity contribution is -0.124. The van der Waals surface area contributed by atoms with Crippen LogP contribution in [0.25, 0.3) is 0 Å². The van der Waals surface area contributed by atoms with Crippen molar-refractivity contribution < 1.29 is 9.53 Å². The minimum absolute atomic E-state index is 0.0476. The topological polar surface area (TPSA) is 26.3 Å². The molecule has 0 saturated carbocycles. The Labute approximate surface area is 128 Å². The number of carbonyl (C=O) groups excluding carboxylic acids is 1. The summed E-state index contributed by atoms with van der Waals surface area (Å²) < 4.78 is 5.73. The highest BCUT2D eigenvalue weighted by atomic mass is 16.5. The second-order valence-corrected chi connectivity index (χ2v) is 6.10. The summed E-state index contributed by atoms with van der Waals surface area (Å²) in [4.78, 5) is 12.7. The zero-order valence-corrected chi connectivity index (χ0v) is 13.4. The molecular formula is C19H28O2. The van der Waals surface area contributed by atoms with E-state index in [0.29, 0.717) is 12.2 Å². The van der Waals surface area contributed by atoms with Crippen LogP contribution in [0, 0.1) is 0 Å². The highest BCUT2D eigenvalue weighted by Crippen LogP contribution is 2.27. The molecule has 1 aromatic rings. The van der Waals surface area contributed by atoms with Crippen molar-refractivity contribution in [2.45, 2.75) is 70.8 Å². The maximum Gasteiger partial charge on any atom is 0.142 e. The SMILES string of the molecule is CCCC(C(=O)CC1CCCCO1)c1ccc(CC)cc1. The number of Topliss-reactive ketones (excluding diaryl/α,β-unsaturated/α-hetero) is 1. The number of hydrogen-bond acceptors (Lipinski definition) is 2. The second-order valence-electron chi connectivity index (χ2n) is 6.10.